The fourth-order valence-electron chi connectivity index (χ4n) is 3.70. The van der Waals surface area contributed by atoms with Crippen LogP contribution in [0.15, 0.2) is 4.47 Å². The highest BCUT2D eigenvalue weighted by Crippen LogP contribution is 2.47. The van der Waals surface area contributed by atoms with Gasteiger partial charge in [0.05, 0.1) is 21.5 Å². The summed E-state index contributed by atoms with van der Waals surface area (Å²) < 4.78 is 2.98. The second kappa shape index (κ2) is 4.88. The average Bonchev–Trinajstić information content (AvgIpc) is 3.16. The summed E-state index contributed by atoms with van der Waals surface area (Å²) in [5.41, 5.74) is 1.63. The Bertz CT molecular complexity index is 481. The Labute approximate surface area is 123 Å². The molecule has 2 saturated carbocycles. The summed E-state index contributed by atoms with van der Waals surface area (Å²) in [6, 6.07) is 0. The maximum Gasteiger partial charge on any atom is 0.0738 e. The SMILES string of the molecule is Cc1nn(C)c(CC2(O)CCCC(C3CC3)C2)c1Br. The molecule has 1 N–H and O–H groups in total. The second-order valence-corrected chi connectivity index (χ2v) is 7.36. The minimum atomic E-state index is -0.520. The lowest BCUT2D eigenvalue weighted by molar-refractivity contribution is -0.0210. The van der Waals surface area contributed by atoms with Crippen molar-refractivity contribution in [3.63, 3.8) is 0 Å². The Morgan fingerprint density at radius 1 is 1.37 bits per heavy atom. The molecule has 2 atom stereocenters. The van der Waals surface area contributed by atoms with Crippen LogP contribution in [-0.4, -0.2) is 20.5 Å². The van der Waals surface area contributed by atoms with Gasteiger partial charge in [-0.1, -0.05) is 6.42 Å². The number of nitrogens with zero attached hydrogens (tertiary/aromatic N) is 2. The summed E-state index contributed by atoms with van der Waals surface area (Å²) in [5, 5.41) is 15.4. The van der Waals surface area contributed by atoms with Gasteiger partial charge in [0.1, 0.15) is 0 Å². The predicted octanol–water partition coefficient (Wildman–Crippen LogP) is 3.36. The molecule has 3 nitrogen and oxygen atoms in total. The molecule has 0 amide bonds. The molecule has 0 saturated heterocycles. The van der Waals surface area contributed by atoms with E-state index < -0.39 is 5.60 Å². The highest BCUT2D eigenvalue weighted by Gasteiger charge is 2.41. The first kappa shape index (κ1) is 13.6. The fraction of sp³-hybridized carbons (Fsp3) is 0.800. The van der Waals surface area contributed by atoms with Crippen molar-refractivity contribution in [1.29, 1.82) is 0 Å². The largest absolute Gasteiger partial charge is 0.389 e. The van der Waals surface area contributed by atoms with Crippen LogP contribution < -0.4 is 0 Å². The molecule has 2 aliphatic rings. The number of hydrogen-bond donors (Lipinski definition) is 1. The molecule has 2 unspecified atom stereocenters. The summed E-state index contributed by atoms with van der Waals surface area (Å²) >= 11 is 3.61. The van der Waals surface area contributed by atoms with Crippen molar-refractivity contribution in [3.8, 4) is 0 Å². The van der Waals surface area contributed by atoms with Crippen LogP contribution in [0.2, 0.25) is 0 Å². The van der Waals surface area contributed by atoms with Gasteiger partial charge in [0, 0.05) is 13.5 Å². The van der Waals surface area contributed by atoms with E-state index in [0.717, 1.165) is 47.0 Å². The van der Waals surface area contributed by atoms with Crippen molar-refractivity contribution in [3.05, 3.63) is 15.9 Å². The molecule has 1 aromatic heterocycles. The number of aliphatic hydroxyl groups is 1. The topological polar surface area (TPSA) is 38.0 Å². The Morgan fingerprint density at radius 3 is 2.68 bits per heavy atom. The number of aromatic nitrogens is 2. The van der Waals surface area contributed by atoms with Crippen LogP contribution in [0.4, 0.5) is 0 Å². The molecule has 1 heterocycles. The van der Waals surface area contributed by atoms with Gasteiger partial charge in [-0.2, -0.15) is 5.10 Å². The zero-order valence-electron chi connectivity index (χ0n) is 11.8. The normalized spacial score (nSPS) is 31.7. The molecule has 106 valence electrons. The van der Waals surface area contributed by atoms with E-state index in [4.69, 9.17) is 0 Å². The minimum Gasteiger partial charge on any atom is -0.389 e. The lowest BCUT2D eigenvalue weighted by Gasteiger charge is -2.37. The Kier molecular flexibility index (Phi) is 3.50. The summed E-state index contributed by atoms with van der Waals surface area (Å²) in [7, 11) is 1.97. The van der Waals surface area contributed by atoms with Gasteiger partial charge in [-0.05, 0) is 66.8 Å². The third kappa shape index (κ3) is 2.75. The first-order valence-electron chi connectivity index (χ1n) is 7.39. The smallest absolute Gasteiger partial charge is 0.0738 e. The second-order valence-electron chi connectivity index (χ2n) is 6.56. The Hall–Kier alpha value is -0.350. The van der Waals surface area contributed by atoms with Crippen LogP contribution in [0.25, 0.3) is 0 Å². The van der Waals surface area contributed by atoms with Gasteiger partial charge in [-0.3, -0.25) is 4.68 Å². The minimum absolute atomic E-state index is 0.520. The lowest BCUT2D eigenvalue weighted by Crippen LogP contribution is -2.38. The first-order chi connectivity index (χ1) is 8.98. The molecule has 19 heavy (non-hydrogen) atoms. The Balaban J connectivity index is 1.76. The zero-order chi connectivity index (χ0) is 13.6. The van der Waals surface area contributed by atoms with Gasteiger partial charge in [-0.15, -0.1) is 0 Å². The fourth-order valence-corrected chi connectivity index (χ4v) is 4.18. The molecule has 0 radical (unpaired) electrons. The number of aryl methyl sites for hydroxylation is 2. The quantitative estimate of drug-likeness (QED) is 0.924. The summed E-state index contributed by atoms with van der Waals surface area (Å²) in [6.07, 6.45) is 7.91. The highest BCUT2D eigenvalue weighted by atomic mass is 79.9. The number of rotatable bonds is 3. The van der Waals surface area contributed by atoms with Crippen LogP contribution in [0, 0.1) is 18.8 Å². The van der Waals surface area contributed by atoms with E-state index in [0.29, 0.717) is 0 Å². The van der Waals surface area contributed by atoms with Gasteiger partial charge in [-0.25, -0.2) is 0 Å². The molecule has 4 heteroatoms. The van der Waals surface area contributed by atoms with Crippen LogP contribution in [-0.2, 0) is 13.5 Å². The zero-order valence-corrected chi connectivity index (χ0v) is 13.4. The first-order valence-corrected chi connectivity index (χ1v) is 8.18. The maximum atomic E-state index is 11.0. The molecular weight excluding hydrogens is 304 g/mol. The van der Waals surface area contributed by atoms with Crippen molar-refractivity contribution >= 4 is 15.9 Å². The van der Waals surface area contributed by atoms with Crippen molar-refractivity contribution in [2.75, 3.05) is 0 Å². The molecule has 3 rings (SSSR count). The van der Waals surface area contributed by atoms with Gasteiger partial charge in [0.2, 0.25) is 0 Å². The molecule has 0 aromatic carbocycles. The van der Waals surface area contributed by atoms with E-state index in [9.17, 15) is 5.11 Å². The van der Waals surface area contributed by atoms with Crippen LogP contribution >= 0.6 is 15.9 Å². The Morgan fingerprint density at radius 2 is 2.11 bits per heavy atom. The van der Waals surface area contributed by atoms with Crippen LogP contribution in [0.5, 0.6) is 0 Å². The van der Waals surface area contributed by atoms with Crippen molar-refractivity contribution in [1.82, 2.24) is 9.78 Å². The van der Waals surface area contributed by atoms with Gasteiger partial charge in [0.25, 0.3) is 0 Å². The molecule has 0 bridgehead atoms. The summed E-state index contributed by atoms with van der Waals surface area (Å²) in [5.74, 6) is 1.66. The van der Waals surface area contributed by atoms with E-state index in [-0.39, 0.29) is 0 Å². The number of hydrogen-bond acceptors (Lipinski definition) is 2. The van der Waals surface area contributed by atoms with Gasteiger partial charge < -0.3 is 5.11 Å². The maximum absolute atomic E-state index is 11.0. The van der Waals surface area contributed by atoms with E-state index in [1.54, 1.807) is 0 Å². The van der Waals surface area contributed by atoms with E-state index in [1.165, 1.54) is 25.7 Å². The average molecular weight is 327 g/mol. The van der Waals surface area contributed by atoms with E-state index in [1.807, 2.05) is 18.7 Å². The number of halogens is 1. The van der Waals surface area contributed by atoms with Crippen molar-refractivity contribution in [2.45, 2.75) is 57.5 Å². The molecule has 2 fully saturated rings. The lowest BCUT2D eigenvalue weighted by atomic mass is 9.74. The third-order valence-corrected chi connectivity index (χ3v) is 5.94. The monoisotopic (exact) mass is 326 g/mol. The van der Waals surface area contributed by atoms with Gasteiger partial charge in [0.15, 0.2) is 0 Å². The molecule has 0 spiro atoms. The van der Waals surface area contributed by atoms with Crippen LogP contribution in [0.1, 0.15) is 49.9 Å². The van der Waals surface area contributed by atoms with Crippen molar-refractivity contribution < 1.29 is 5.11 Å². The third-order valence-electron chi connectivity index (χ3n) is 4.91. The van der Waals surface area contributed by atoms with Gasteiger partial charge >= 0.3 is 0 Å². The van der Waals surface area contributed by atoms with Crippen molar-refractivity contribution in [2.24, 2.45) is 18.9 Å². The standard InChI is InChI=1S/C15H23BrN2O/c1-10-14(16)13(18(2)17-10)9-15(19)7-3-4-12(8-15)11-5-6-11/h11-12,19H,3-9H2,1-2H3. The summed E-state index contributed by atoms with van der Waals surface area (Å²) in [6.45, 7) is 2.01. The predicted molar refractivity (Wildman–Crippen MR) is 79.0 cm³/mol. The highest BCUT2D eigenvalue weighted by molar-refractivity contribution is 9.10. The van der Waals surface area contributed by atoms with E-state index >= 15 is 0 Å². The van der Waals surface area contributed by atoms with Crippen LogP contribution in [0.3, 0.4) is 0 Å². The molecule has 0 aliphatic heterocycles. The molecular formula is C15H23BrN2O. The molecule has 1 aromatic rings. The summed E-state index contributed by atoms with van der Waals surface area (Å²) in [4.78, 5) is 0. The van der Waals surface area contributed by atoms with E-state index in [2.05, 4.69) is 21.0 Å². The molecule has 2 aliphatic carbocycles.